The number of thiol groups is 1. The molecule has 0 fully saturated rings. The first-order valence-electron chi connectivity index (χ1n) is 3.50. The highest BCUT2D eigenvalue weighted by molar-refractivity contribution is 7.94. The lowest BCUT2D eigenvalue weighted by atomic mass is 10.4. The van der Waals surface area contributed by atoms with Gasteiger partial charge in [-0.05, 0) is 12.1 Å². The smallest absolute Gasteiger partial charge is 0.104 e. The summed E-state index contributed by atoms with van der Waals surface area (Å²) in [6, 6.07) is 8.86. The minimum absolute atomic E-state index is 0.579. The van der Waals surface area contributed by atoms with E-state index in [9.17, 15) is 4.21 Å². The number of hydrogen-bond acceptors (Lipinski definition) is 3. The Balaban J connectivity index is 3.04. The summed E-state index contributed by atoms with van der Waals surface area (Å²) in [5.41, 5.74) is 0. The molecule has 1 aromatic carbocycles. The minimum Gasteiger partial charge on any atom is -0.294 e. The fourth-order valence-electron chi connectivity index (χ4n) is 0.896. The van der Waals surface area contributed by atoms with E-state index in [1.54, 1.807) is 24.3 Å². The van der Waals surface area contributed by atoms with Crippen LogP contribution >= 0.6 is 0 Å². The van der Waals surface area contributed by atoms with Crippen LogP contribution in [-0.2, 0) is 18.9 Å². The van der Waals surface area contributed by atoms with Crippen molar-refractivity contribution in [3.8, 4) is 0 Å². The Bertz CT molecular complexity index is 276. The van der Waals surface area contributed by atoms with Gasteiger partial charge in [0.15, 0.2) is 0 Å². The van der Waals surface area contributed by atoms with Crippen LogP contribution in [0.4, 0.5) is 0 Å². The van der Waals surface area contributed by atoms with Gasteiger partial charge in [-0.2, -0.15) is 0 Å². The van der Waals surface area contributed by atoms with Crippen molar-refractivity contribution < 1.29 is 12.6 Å². The van der Waals surface area contributed by atoms with E-state index in [0.29, 0.717) is 4.90 Å². The van der Waals surface area contributed by atoms with Gasteiger partial charge in [-0.1, -0.05) is 18.2 Å². The number of rotatable bonds is 3. The Kier molecular flexibility index (Phi) is 2.97. The molecule has 0 saturated heterocycles. The van der Waals surface area contributed by atoms with Crippen LogP contribution in [0.2, 0.25) is 0 Å². The van der Waals surface area contributed by atoms with Crippen molar-refractivity contribution in [3.05, 3.63) is 30.3 Å². The van der Waals surface area contributed by atoms with E-state index in [4.69, 9.17) is 8.37 Å². The zero-order valence-electron chi connectivity index (χ0n) is 7.06. The molecule has 0 aliphatic heterocycles. The topological polar surface area (TPSA) is 35.5 Å². The van der Waals surface area contributed by atoms with Gasteiger partial charge in [-0.25, -0.2) is 4.21 Å². The minimum atomic E-state index is -3.03. The molecule has 0 radical (unpaired) electrons. The molecule has 0 aliphatic rings. The third-order valence-corrected chi connectivity index (χ3v) is 3.45. The summed E-state index contributed by atoms with van der Waals surface area (Å²) in [7, 11) is -0.289. The maximum Gasteiger partial charge on any atom is 0.104 e. The van der Waals surface area contributed by atoms with Crippen LogP contribution in [-0.4, -0.2) is 18.4 Å². The Hall–Kier alpha value is -0.710. The standard InChI is InChI=1S/C8H12O3S/c1-10-12(9,11-2)8-6-4-3-5-7-8/h3-7,12H,1-2H3. The SMILES string of the molecule is CO[SH](=O)(OC)c1ccccc1. The second kappa shape index (κ2) is 3.80. The Labute approximate surface area is 73.1 Å². The predicted octanol–water partition coefficient (Wildman–Crippen LogP) is 1.19. The lowest BCUT2D eigenvalue weighted by Crippen LogP contribution is -2.15. The van der Waals surface area contributed by atoms with Gasteiger partial charge < -0.3 is 0 Å². The van der Waals surface area contributed by atoms with Crippen LogP contribution in [0.15, 0.2) is 35.2 Å². The van der Waals surface area contributed by atoms with E-state index in [1.807, 2.05) is 6.07 Å². The van der Waals surface area contributed by atoms with Crippen molar-refractivity contribution in [1.29, 1.82) is 0 Å². The Morgan fingerprint density at radius 2 is 1.58 bits per heavy atom. The molecule has 3 nitrogen and oxygen atoms in total. The van der Waals surface area contributed by atoms with Gasteiger partial charge in [0.2, 0.25) is 0 Å². The van der Waals surface area contributed by atoms with Crippen molar-refractivity contribution in [1.82, 2.24) is 0 Å². The monoisotopic (exact) mass is 188 g/mol. The molecule has 0 unspecified atom stereocenters. The van der Waals surface area contributed by atoms with Gasteiger partial charge in [-0.3, -0.25) is 8.37 Å². The molecule has 12 heavy (non-hydrogen) atoms. The summed E-state index contributed by atoms with van der Waals surface area (Å²) < 4.78 is 21.3. The molecule has 0 aliphatic carbocycles. The molecule has 1 rings (SSSR count). The zero-order valence-corrected chi connectivity index (χ0v) is 7.95. The largest absolute Gasteiger partial charge is 0.294 e. The second-order valence-corrected chi connectivity index (χ2v) is 4.44. The van der Waals surface area contributed by atoms with E-state index in [2.05, 4.69) is 0 Å². The normalized spacial score (nSPS) is 12.8. The van der Waals surface area contributed by atoms with Crippen LogP contribution in [0, 0.1) is 0 Å². The van der Waals surface area contributed by atoms with Gasteiger partial charge in [0.25, 0.3) is 0 Å². The first kappa shape index (κ1) is 9.38. The van der Waals surface area contributed by atoms with Gasteiger partial charge in [0.1, 0.15) is 10.5 Å². The molecular formula is C8H12O3S. The van der Waals surface area contributed by atoms with Crippen LogP contribution in [0.25, 0.3) is 0 Å². The molecule has 0 bridgehead atoms. The highest BCUT2D eigenvalue weighted by Crippen LogP contribution is 2.19. The third-order valence-electron chi connectivity index (χ3n) is 1.55. The van der Waals surface area contributed by atoms with Crippen molar-refractivity contribution in [3.63, 3.8) is 0 Å². The summed E-state index contributed by atoms with van der Waals surface area (Å²) in [6.07, 6.45) is 0. The molecule has 0 aromatic heterocycles. The summed E-state index contributed by atoms with van der Waals surface area (Å²) in [5.74, 6) is 0. The van der Waals surface area contributed by atoms with Crippen molar-refractivity contribution >= 4 is 10.5 Å². The van der Waals surface area contributed by atoms with E-state index in [1.165, 1.54) is 14.2 Å². The third kappa shape index (κ3) is 1.72. The van der Waals surface area contributed by atoms with Crippen LogP contribution in [0.5, 0.6) is 0 Å². The lowest BCUT2D eigenvalue weighted by Gasteiger charge is -2.20. The summed E-state index contributed by atoms with van der Waals surface area (Å²) in [5, 5.41) is 0. The van der Waals surface area contributed by atoms with Gasteiger partial charge in [0, 0.05) is 0 Å². The fourth-order valence-corrected chi connectivity index (χ4v) is 2.00. The summed E-state index contributed by atoms with van der Waals surface area (Å²) in [6.45, 7) is 0. The Morgan fingerprint density at radius 3 is 2.00 bits per heavy atom. The summed E-state index contributed by atoms with van der Waals surface area (Å²) in [4.78, 5) is 0.579. The fraction of sp³-hybridized carbons (Fsp3) is 0.250. The van der Waals surface area contributed by atoms with Crippen molar-refractivity contribution in [2.45, 2.75) is 4.90 Å². The quantitative estimate of drug-likeness (QED) is 0.724. The van der Waals surface area contributed by atoms with Gasteiger partial charge >= 0.3 is 0 Å². The van der Waals surface area contributed by atoms with Crippen molar-refractivity contribution in [2.24, 2.45) is 0 Å². The van der Waals surface area contributed by atoms with Gasteiger partial charge in [0.05, 0.1) is 19.1 Å². The maximum absolute atomic E-state index is 11.7. The van der Waals surface area contributed by atoms with Crippen LogP contribution in [0.3, 0.4) is 0 Å². The van der Waals surface area contributed by atoms with E-state index in [0.717, 1.165) is 0 Å². The highest BCUT2D eigenvalue weighted by atomic mass is 32.3. The predicted molar refractivity (Wildman–Crippen MR) is 48.3 cm³/mol. The van der Waals surface area contributed by atoms with E-state index >= 15 is 0 Å². The highest BCUT2D eigenvalue weighted by Gasteiger charge is 2.13. The molecule has 0 spiro atoms. The van der Waals surface area contributed by atoms with E-state index in [-0.39, 0.29) is 0 Å². The molecular weight excluding hydrogens is 176 g/mol. The zero-order chi connectivity index (χ0) is 9.03. The lowest BCUT2D eigenvalue weighted by molar-refractivity contribution is 0.310. The molecule has 0 amide bonds. The molecule has 4 heteroatoms. The molecule has 0 atom stereocenters. The van der Waals surface area contributed by atoms with Crippen LogP contribution < -0.4 is 0 Å². The molecule has 0 saturated carbocycles. The van der Waals surface area contributed by atoms with Gasteiger partial charge in [-0.15, -0.1) is 0 Å². The Morgan fingerprint density at radius 1 is 1.08 bits per heavy atom. The average molecular weight is 188 g/mol. The second-order valence-electron chi connectivity index (χ2n) is 2.20. The maximum atomic E-state index is 11.7. The molecule has 68 valence electrons. The molecule has 0 N–H and O–H groups in total. The molecule has 1 aromatic rings. The average Bonchev–Trinajstić information content (AvgIpc) is 2.18. The molecule has 0 heterocycles. The van der Waals surface area contributed by atoms with Crippen molar-refractivity contribution in [2.75, 3.05) is 14.2 Å². The first-order chi connectivity index (χ1) is 5.73. The number of benzene rings is 1. The number of hydrogen-bond donors (Lipinski definition) is 1. The van der Waals surface area contributed by atoms with Crippen LogP contribution in [0.1, 0.15) is 0 Å². The summed E-state index contributed by atoms with van der Waals surface area (Å²) >= 11 is 0. The first-order valence-corrected chi connectivity index (χ1v) is 5.04. The van der Waals surface area contributed by atoms with E-state index < -0.39 is 10.5 Å².